The molecule has 1 aromatic carbocycles. The van der Waals surface area contributed by atoms with Crippen LogP contribution in [0.15, 0.2) is 30.6 Å². The lowest BCUT2D eigenvalue weighted by atomic mass is 10.0. The van der Waals surface area contributed by atoms with E-state index in [0.29, 0.717) is 24.5 Å². The number of hydrogen-bond acceptors (Lipinski definition) is 5. The number of amides is 1. The standard InChI is InChI=1S/C17H22N4O3/c1-23-14-7-2-3-8-15(14)24-11-9-16(22)21-10-5-4-6-13(21)17-18-12-19-20-17/h2-3,7-8,12-13H,4-6,9-11H2,1H3,(H,18,19,20)/t13-/m1/s1. The minimum Gasteiger partial charge on any atom is -0.493 e. The highest BCUT2D eigenvalue weighted by Crippen LogP contribution is 2.29. The van der Waals surface area contributed by atoms with Gasteiger partial charge in [0.2, 0.25) is 5.91 Å². The van der Waals surface area contributed by atoms with E-state index in [4.69, 9.17) is 9.47 Å². The Morgan fingerprint density at radius 2 is 2.17 bits per heavy atom. The lowest BCUT2D eigenvalue weighted by Crippen LogP contribution is -2.39. The summed E-state index contributed by atoms with van der Waals surface area (Å²) >= 11 is 0. The van der Waals surface area contributed by atoms with E-state index in [1.165, 1.54) is 6.33 Å². The molecule has 7 nitrogen and oxygen atoms in total. The Morgan fingerprint density at radius 1 is 1.33 bits per heavy atom. The number of hydrogen-bond donors (Lipinski definition) is 1. The fourth-order valence-corrected chi connectivity index (χ4v) is 3.02. The highest BCUT2D eigenvalue weighted by Gasteiger charge is 2.29. The van der Waals surface area contributed by atoms with Gasteiger partial charge in [-0.25, -0.2) is 4.98 Å². The van der Waals surface area contributed by atoms with E-state index in [-0.39, 0.29) is 11.9 Å². The van der Waals surface area contributed by atoms with Crippen LogP contribution in [0.4, 0.5) is 0 Å². The average Bonchev–Trinajstić information content (AvgIpc) is 3.16. The number of aromatic amines is 1. The Bertz CT molecular complexity index is 660. The molecule has 0 saturated carbocycles. The van der Waals surface area contributed by atoms with Gasteiger partial charge in [-0.2, -0.15) is 5.10 Å². The molecular weight excluding hydrogens is 308 g/mol. The van der Waals surface area contributed by atoms with Crippen molar-refractivity contribution in [2.45, 2.75) is 31.7 Å². The van der Waals surface area contributed by atoms with Gasteiger partial charge in [0, 0.05) is 6.54 Å². The number of benzene rings is 1. The van der Waals surface area contributed by atoms with E-state index in [1.54, 1.807) is 7.11 Å². The van der Waals surface area contributed by atoms with Crippen molar-refractivity contribution in [1.29, 1.82) is 0 Å². The molecule has 1 fully saturated rings. The van der Waals surface area contributed by atoms with Gasteiger partial charge in [0.25, 0.3) is 0 Å². The number of carbonyl (C=O) groups is 1. The minimum atomic E-state index is -0.0139. The molecule has 0 bridgehead atoms. The molecule has 1 aliphatic heterocycles. The number of piperidine rings is 1. The summed E-state index contributed by atoms with van der Waals surface area (Å²) in [5, 5.41) is 6.79. The molecular formula is C17H22N4O3. The summed E-state index contributed by atoms with van der Waals surface area (Å²) in [4.78, 5) is 18.7. The fraction of sp³-hybridized carbons (Fsp3) is 0.471. The minimum absolute atomic E-state index is 0.0139. The van der Waals surface area contributed by atoms with E-state index >= 15 is 0 Å². The lowest BCUT2D eigenvalue weighted by Gasteiger charge is -2.34. The second-order valence-corrected chi connectivity index (χ2v) is 5.72. The summed E-state index contributed by atoms with van der Waals surface area (Å²) in [7, 11) is 1.60. The Hall–Kier alpha value is -2.57. The van der Waals surface area contributed by atoms with Crippen LogP contribution in [0.2, 0.25) is 0 Å². The number of carbonyl (C=O) groups excluding carboxylic acids is 1. The number of methoxy groups -OCH3 is 1. The number of aromatic nitrogens is 3. The van der Waals surface area contributed by atoms with E-state index in [2.05, 4.69) is 15.2 Å². The third kappa shape index (κ3) is 3.67. The molecule has 2 aromatic rings. The third-order valence-electron chi connectivity index (χ3n) is 4.22. The summed E-state index contributed by atoms with van der Waals surface area (Å²) in [5.74, 6) is 2.15. The van der Waals surface area contributed by atoms with Crippen molar-refractivity contribution in [2.24, 2.45) is 0 Å². The van der Waals surface area contributed by atoms with Crippen LogP contribution in [-0.4, -0.2) is 46.2 Å². The van der Waals surface area contributed by atoms with Crippen LogP contribution in [0.3, 0.4) is 0 Å². The highest BCUT2D eigenvalue weighted by molar-refractivity contribution is 5.76. The van der Waals surface area contributed by atoms with Crippen molar-refractivity contribution < 1.29 is 14.3 Å². The van der Waals surface area contributed by atoms with Gasteiger partial charge in [0.1, 0.15) is 12.2 Å². The second kappa shape index (κ2) is 7.81. The predicted octanol–water partition coefficient (Wildman–Crippen LogP) is 2.34. The summed E-state index contributed by atoms with van der Waals surface area (Å²) < 4.78 is 11.0. The molecule has 0 radical (unpaired) electrons. The molecule has 1 atom stereocenters. The van der Waals surface area contributed by atoms with Crippen LogP contribution in [0.5, 0.6) is 11.5 Å². The number of ether oxygens (including phenoxy) is 2. The van der Waals surface area contributed by atoms with Gasteiger partial charge < -0.3 is 14.4 Å². The monoisotopic (exact) mass is 330 g/mol. The van der Waals surface area contributed by atoms with Gasteiger partial charge in [-0.15, -0.1) is 0 Å². The maximum atomic E-state index is 12.6. The molecule has 0 spiro atoms. The third-order valence-corrected chi connectivity index (χ3v) is 4.22. The van der Waals surface area contributed by atoms with E-state index in [1.807, 2.05) is 29.2 Å². The van der Waals surface area contributed by atoms with Crippen LogP contribution >= 0.6 is 0 Å². The highest BCUT2D eigenvalue weighted by atomic mass is 16.5. The normalized spacial score (nSPS) is 17.5. The maximum Gasteiger partial charge on any atom is 0.226 e. The Labute approximate surface area is 141 Å². The predicted molar refractivity (Wildman–Crippen MR) is 87.8 cm³/mol. The molecule has 24 heavy (non-hydrogen) atoms. The number of likely N-dealkylation sites (tertiary alicyclic amines) is 1. The first kappa shape index (κ1) is 16.3. The molecule has 7 heteroatoms. The van der Waals surface area contributed by atoms with Crippen molar-refractivity contribution >= 4 is 5.91 Å². The molecule has 1 saturated heterocycles. The average molecular weight is 330 g/mol. The Morgan fingerprint density at radius 3 is 2.92 bits per heavy atom. The summed E-state index contributed by atoms with van der Waals surface area (Å²) in [6.45, 7) is 1.07. The van der Waals surface area contributed by atoms with E-state index in [0.717, 1.165) is 31.6 Å². The zero-order valence-electron chi connectivity index (χ0n) is 13.8. The van der Waals surface area contributed by atoms with Crippen molar-refractivity contribution in [3.63, 3.8) is 0 Å². The van der Waals surface area contributed by atoms with E-state index < -0.39 is 0 Å². The maximum absolute atomic E-state index is 12.6. The number of nitrogens with one attached hydrogen (secondary N) is 1. The smallest absolute Gasteiger partial charge is 0.226 e. The van der Waals surface area contributed by atoms with Crippen molar-refractivity contribution in [1.82, 2.24) is 20.1 Å². The molecule has 0 unspecified atom stereocenters. The zero-order chi connectivity index (χ0) is 16.8. The molecule has 0 aliphatic carbocycles. The van der Waals surface area contributed by atoms with Gasteiger partial charge in [0.15, 0.2) is 11.5 Å². The van der Waals surface area contributed by atoms with Gasteiger partial charge in [-0.1, -0.05) is 12.1 Å². The van der Waals surface area contributed by atoms with Crippen molar-refractivity contribution in [3.05, 3.63) is 36.4 Å². The summed E-state index contributed by atoms with van der Waals surface area (Å²) in [5.41, 5.74) is 0. The van der Waals surface area contributed by atoms with Crippen LogP contribution in [0, 0.1) is 0 Å². The first-order chi connectivity index (χ1) is 11.8. The number of H-pyrrole nitrogens is 1. The second-order valence-electron chi connectivity index (χ2n) is 5.72. The topological polar surface area (TPSA) is 80.3 Å². The molecule has 1 N–H and O–H groups in total. The molecule has 2 heterocycles. The molecule has 128 valence electrons. The summed E-state index contributed by atoms with van der Waals surface area (Å²) in [6.07, 6.45) is 4.82. The van der Waals surface area contributed by atoms with Crippen molar-refractivity contribution in [2.75, 3.05) is 20.3 Å². The first-order valence-electron chi connectivity index (χ1n) is 8.20. The fourth-order valence-electron chi connectivity index (χ4n) is 3.02. The Kier molecular flexibility index (Phi) is 5.30. The van der Waals surface area contributed by atoms with Gasteiger partial charge in [0.05, 0.1) is 26.2 Å². The van der Waals surface area contributed by atoms with Gasteiger partial charge >= 0.3 is 0 Å². The van der Waals surface area contributed by atoms with Crippen LogP contribution in [0.1, 0.15) is 37.5 Å². The zero-order valence-corrected chi connectivity index (χ0v) is 13.8. The number of para-hydroxylation sites is 2. The van der Waals surface area contributed by atoms with E-state index in [9.17, 15) is 4.79 Å². The molecule has 1 aromatic heterocycles. The summed E-state index contributed by atoms with van der Waals surface area (Å²) in [6, 6.07) is 7.42. The SMILES string of the molecule is COc1ccccc1OCCC(=O)N1CCCC[C@@H]1c1ncn[nH]1. The van der Waals surface area contributed by atoms with Crippen LogP contribution < -0.4 is 9.47 Å². The Balaban J connectivity index is 1.57. The lowest BCUT2D eigenvalue weighted by molar-refractivity contribution is -0.135. The first-order valence-corrected chi connectivity index (χ1v) is 8.20. The molecule has 1 aliphatic rings. The van der Waals surface area contributed by atoms with Gasteiger partial charge in [-0.05, 0) is 31.4 Å². The van der Waals surface area contributed by atoms with Crippen LogP contribution in [0.25, 0.3) is 0 Å². The van der Waals surface area contributed by atoms with Crippen molar-refractivity contribution in [3.8, 4) is 11.5 Å². The largest absolute Gasteiger partial charge is 0.493 e. The van der Waals surface area contributed by atoms with Crippen LogP contribution in [-0.2, 0) is 4.79 Å². The number of nitrogens with zero attached hydrogens (tertiary/aromatic N) is 3. The van der Waals surface area contributed by atoms with Gasteiger partial charge in [-0.3, -0.25) is 9.89 Å². The number of rotatable bonds is 6. The quantitative estimate of drug-likeness (QED) is 0.879. The molecule has 3 rings (SSSR count). The molecule has 1 amide bonds.